The Morgan fingerprint density at radius 1 is 1.42 bits per heavy atom. The Labute approximate surface area is 115 Å². The molecule has 0 aliphatic heterocycles. The van der Waals surface area contributed by atoms with E-state index < -0.39 is 0 Å². The van der Waals surface area contributed by atoms with Crippen molar-refractivity contribution in [3.63, 3.8) is 0 Å². The van der Waals surface area contributed by atoms with Gasteiger partial charge < -0.3 is 10.5 Å². The van der Waals surface area contributed by atoms with Crippen LogP contribution in [0.5, 0.6) is 0 Å². The average molecular weight is 275 g/mol. The van der Waals surface area contributed by atoms with Gasteiger partial charge in [0.25, 0.3) is 0 Å². The molecular weight excluding hydrogens is 262 g/mol. The van der Waals surface area contributed by atoms with Gasteiger partial charge in [-0.25, -0.2) is 14.8 Å². The maximum absolute atomic E-state index is 11.6. The summed E-state index contributed by atoms with van der Waals surface area (Å²) in [5, 5.41) is 0.797. The van der Waals surface area contributed by atoms with Crippen molar-refractivity contribution in [3.8, 4) is 0 Å². The number of benzene rings is 1. The third-order valence-electron chi connectivity index (χ3n) is 2.29. The van der Waals surface area contributed by atoms with Crippen LogP contribution in [-0.4, -0.2) is 22.5 Å². The number of nitrogens with zero attached hydrogens (tertiary/aromatic N) is 2. The summed E-state index contributed by atoms with van der Waals surface area (Å²) in [4.78, 5) is 20.4. The molecule has 0 aliphatic rings. The van der Waals surface area contributed by atoms with Crippen LogP contribution in [0, 0.1) is 0 Å². The van der Waals surface area contributed by atoms with Crippen molar-refractivity contribution in [3.05, 3.63) is 42.4 Å². The van der Waals surface area contributed by atoms with Crippen molar-refractivity contribution in [2.24, 2.45) is 0 Å². The summed E-state index contributed by atoms with van der Waals surface area (Å²) < 4.78 is 4.92. The highest BCUT2D eigenvalue weighted by molar-refractivity contribution is 7.99. The molecule has 0 unspecified atom stereocenters. The molecule has 5 nitrogen and oxygen atoms in total. The molecule has 0 spiro atoms. The number of carbonyl (C=O) groups excluding carboxylic acids is 1. The molecule has 0 radical (unpaired) electrons. The predicted octanol–water partition coefficient (Wildman–Crippen LogP) is 2.39. The Morgan fingerprint density at radius 2 is 2.26 bits per heavy atom. The highest BCUT2D eigenvalue weighted by atomic mass is 32.2. The van der Waals surface area contributed by atoms with Crippen molar-refractivity contribution in [1.82, 2.24) is 9.97 Å². The van der Waals surface area contributed by atoms with E-state index in [0.29, 0.717) is 17.9 Å². The number of hydrogen-bond donors (Lipinski definition) is 1. The van der Waals surface area contributed by atoms with Gasteiger partial charge in [-0.2, -0.15) is 0 Å². The van der Waals surface area contributed by atoms with Crippen molar-refractivity contribution >= 4 is 23.4 Å². The van der Waals surface area contributed by atoms with Crippen molar-refractivity contribution < 1.29 is 9.53 Å². The molecule has 0 atom stereocenters. The van der Waals surface area contributed by atoms with E-state index in [9.17, 15) is 4.79 Å². The van der Waals surface area contributed by atoms with Crippen LogP contribution >= 0.6 is 11.8 Å². The monoisotopic (exact) mass is 275 g/mol. The van der Waals surface area contributed by atoms with E-state index in [1.807, 2.05) is 0 Å². The Morgan fingerprint density at radius 3 is 2.89 bits per heavy atom. The molecule has 0 fully saturated rings. The second kappa shape index (κ2) is 6.19. The SMILES string of the molecule is CCOC(=O)c1ccc(Sc2ccncn2)c(N)c1. The zero-order valence-corrected chi connectivity index (χ0v) is 11.2. The fourth-order valence-corrected chi connectivity index (χ4v) is 2.20. The third-order valence-corrected chi connectivity index (χ3v) is 3.33. The largest absolute Gasteiger partial charge is 0.462 e. The maximum atomic E-state index is 11.6. The average Bonchev–Trinajstić information content (AvgIpc) is 2.42. The lowest BCUT2D eigenvalue weighted by Gasteiger charge is -2.07. The molecule has 0 aliphatic carbocycles. The number of esters is 1. The van der Waals surface area contributed by atoms with E-state index >= 15 is 0 Å². The van der Waals surface area contributed by atoms with Crippen LogP contribution in [0.25, 0.3) is 0 Å². The number of hydrogen-bond acceptors (Lipinski definition) is 6. The van der Waals surface area contributed by atoms with Crippen LogP contribution in [-0.2, 0) is 4.74 Å². The summed E-state index contributed by atoms with van der Waals surface area (Å²) in [6.07, 6.45) is 3.14. The second-order valence-corrected chi connectivity index (χ2v) is 4.68. The van der Waals surface area contributed by atoms with Crippen LogP contribution in [0.3, 0.4) is 0 Å². The minimum atomic E-state index is -0.368. The summed E-state index contributed by atoms with van der Waals surface area (Å²) in [5.74, 6) is -0.368. The van der Waals surface area contributed by atoms with Gasteiger partial charge >= 0.3 is 5.97 Å². The summed E-state index contributed by atoms with van der Waals surface area (Å²) in [7, 11) is 0. The first-order chi connectivity index (χ1) is 9.20. The summed E-state index contributed by atoms with van der Waals surface area (Å²) in [5.41, 5.74) is 6.90. The molecule has 1 heterocycles. The molecular formula is C13H13N3O2S. The van der Waals surface area contributed by atoms with Crippen molar-refractivity contribution in [1.29, 1.82) is 0 Å². The van der Waals surface area contributed by atoms with Crippen LogP contribution in [0.1, 0.15) is 17.3 Å². The van der Waals surface area contributed by atoms with Gasteiger partial charge in [0.1, 0.15) is 11.4 Å². The van der Waals surface area contributed by atoms with Gasteiger partial charge in [-0.1, -0.05) is 11.8 Å². The first-order valence-corrected chi connectivity index (χ1v) is 6.53. The molecule has 2 rings (SSSR count). The molecule has 2 N–H and O–H groups in total. The van der Waals surface area contributed by atoms with Gasteiger partial charge in [-0.05, 0) is 31.2 Å². The Balaban J connectivity index is 2.18. The molecule has 19 heavy (non-hydrogen) atoms. The minimum absolute atomic E-state index is 0.343. The fraction of sp³-hybridized carbons (Fsp3) is 0.154. The smallest absolute Gasteiger partial charge is 0.338 e. The van der Waals surface area contributed by atoms with Gasteiger partial charge in [0.2, 0.25) is 0 Å². The van der Waals surface area contributed by atoms with E-state index in [4.69, 9.17) is 10.5 Å². The molecule has 0 bridgehead atoms. The van der Waals surface area contributed by atoms with Crippen molar-refractivity contribution in [2.75, 3.05) is 12.3 Å². The van der Waals surface area contributed by atoms with Gasteiger partial charge in [0.05, 0.1) is 12.2 Å². The first-order valence-electron chi connectivity index (χ1n) is 5.71. The number of rotatable bonds is 4. The topological polar surface area (TPSA) is 78.1 Å². The number of ether oxygens (including phenoxy) is 1. The van der Waals surface area contributed by atoms with Gasteiger partial charge in [0, 0.05) is 16.8 Å². The number of nitrogens with two attached hydrogens (primary N) is 1. The minimum Gasteiger partial charge on any atom is -0.462 e. The standard InChI is InChI=1S/C13H13N3O2S/c1-2-18-13(17)9-3-4-11(10(14)7-9)19-12-5-6-15-8-16-12/h3-8H,2,14H2,1H3. The van der Waals surface area contributed by atoms with Crippen LogP contribution in [0.2, 0.25) is 0 Å². The van der Waals surface area contributed by atoms with E-state index in [1.165, 1.54) is 18.1 Å². The Hall–Kier alpha value is -2.08. The molecule has 1 aromatic heterocycles. The summed E-state index contributed by atoms with van der Waals surface area (Å²) in [6.45, 7) is 2.11. The quantitative estimate of drug-likeness (QED) is 0.524. The molecule has 0 saturated carbocycles. The lowest BCUT2D eigenvalue weighted by molar-refractivity contribution is 0.0526. The molecule has 6 heteroatoms. The molecule has 0 amide bonds. The second-order valence-electron chi connectivity index (χ2n) is 3.62. The van der Waals surface area contributed by atoms with Gasteiger partial charge in [-0.15, -0.1) is 0 Å². The maximum Gasteiger partial charge on any atom is 0.338 e. The zero-order valence-electron chi connectivity index (χ0n) is 10.4. The molecule has 2 aromatic rings. The first kappa shape index (κ1) is 13.4. The Bertz CT molecular complexity index is 575. The van der Waals surface area contributed by atoms with Crippen LogP contribution in [0.15, 0.2) is 46.7 Å². The Kier molecular flexibility index (Phi) is 4.35. The van der Waals surface area contributed by atoms with E-state index in [-0.39, 0.29) is 5.97 Å². The van der Waals surface area contributed by atoms with Crippen molar-refractivity contribution in [2.45, 2.75) is 16.8 Å². The summed E-state index contributed by atoms with van der Waals surface area (Å²) >= 11 is 1.42. The highest BCUT2D eigenvalue weighted by Crippen LogP contribution is 2.31. The number of anilines is 1. The van der Waals surface area contributed by atoms with Crippen LogP contribution < -0.4 is 5.73 Å². The molecule has 98 valence electrons. The number of nitrogen functional groups attached to an aromatic ring is 1. The number of aromatic nitrogens is 2. The predicted molar refractivity (Wildman–Crippen MR) is 73.0 cm³/mol. The lowest BCUT2D eigenvalue weighted by Crippen LogP contribution is -2.05. The van der Waals surface area contributed by atoms with E-state index in [0.717, 1.165) is 9.92 Å². The normalized spacial score (nSPS) is 10.2. The van der Waals surface area contributed by atoms with Gasteiger partial charge in [-0.3, -0.25) is 0 Å². The third kappa shape index (κ3) is 3.45. The van der Waals surface area contributed by atoms with Crippen LogP contribution in [0.4, 0.5) is 5.69 Å². The number of carbonyl (C=O) groups is 1. The van der Waals surface area contributed by atoms with E-state index in [2.05, 4.69) is 9.97 Å². The molecule has 1 aromatic carbocycles. The highest BCUT2D eigenvalue weighted by Gasteiger charge is 2.10. The lowest BCUT2D eigenvalue weighted by atomic mass is 10.2. The van der Waals surface area contributed by atoms with Gasteiger partial charge in [0.15, 0.2) is 0 Å². The van der Waals surface area contributed by atoms with E-state index in [1.54, 1.807) is 37.4 Å². The molecule has 0 saturated heterocycles. The fourth-order valence-electron chi connectivity index (χ4n) is 1.43. The zero-order chi connectivity index (χ0) is 13.7. The summed E-state index contributed by atoms with van der Waals surface area (Å²) in [6, 6.07) is 6.89.